The van der Waals surface area contributed by atoms with E-state index in [9.17, 15) is 19.2 Å². The van der Waals surface area contributed by atoms with Crippen molar-refractivity contribution in [3.63, 3.8) is 0 Å². The molecule has 6 aromatic rings. The van der Waals surface area contributed by atoms with E-state index < -0.39 is 23.1 Å². The van der Waals surface area contributed by atoms with Gasteiger partial charge in [-0.15, -0.1) is 0 Å². The third-order valence-corrected chi connectivity index (χ3v) is 11.7. The highest BCUT2D eigenvalue weighted by atomic mass is 16.2. The first-order valence-electron chi connectivity index (χ1n) is 20.6. The molecule has 0 aromatic heterocycles. The first-order chi connectivity index (χ1) is 27.8. The maximum atomic E-state index is 13.1. The number of ketones is 4. The van der Waals surface area contributed by atoms with E-state index in [1.54, 1.807) is 72.8 Å². The number of fused-ring (bicyclic) bond motifs is 3. The lowest BCUT2D eigenvalue weighted by molar-refractivity contribution is 0.0817. The Kier molecular flexibility index (Phi) is 12.3. The van der Waals surface area contributed by atoms with Gasteiger partial charge >= 0.3 is 0 Å². The highest BCUT2D eigenvalue weighted by Crippen LogP contribution is 2.55. The SMILES string of the molecule is CCCCCCC1(CCCCCC)c2cc(-c3ccc(C(=O)C(=O)c4ccccc4)cc3)ccc2-c2ccc(-c3ccc(C(=O)C(=O)c4ccccc4)cc3)cc21. The van der Waals surface area contributed by atoms with Gasteiger partial charge in [-0.05, 0) is 69.5 Å². The van der Waals surface area contributed by atoms with Gasteiger partial charge in [-0.2, -0.15) is 0 Å². The van der Waals surface area contributed by atoms with Crippen molar-refractivity contribution in [2.75, 3.05) is 0 Å². The Morgan fingerprint density at radius 2 is 0.702 bits per heavy atom. The Hall–Kier alpha value is -6.00. The minimum absolute atomic E-state index is 0.172. The van der Waals surface area contributed by atoms with Crippen LogP contribution in [0.5, 0.6) is 0 Å². The highest BCUT2D eigenvalue weighted by molar-refractivity contribution is 6.49. The summed E-state index contributed by atoms with van der Waals surface area (Å²) in [6, 6.07) is 46.0. The second kappa shape index (κ2) is 17.9. The first kappa shape index (κ1) is 39.2. The number of unbranched alkanes of at least 4 members (excludes halogenated alkanes) is 6. The lowest BCUT2D eigenvalue weighted by Gasteiger charge is -2.33. The number of carbonyl (C=O) groups excluding carboxylic acids is 4. The fourth-order valence-electron chi connectivity index (χ4n) is 8.56. The third kappa shape index (κ3) is 8.27. The summed E-state index contributed by atoms with van der Waals surface area (Å²) in [6.45, 7) is 4.51. The number of hydrogen-bond donors (Lipinski definition) is 0. The zero-order valence-corrected chi connectivity index (χ0v) is 33.1. The average molecular weight is 751 g/mol. The molecule has 0 radical (unpaired) electrons. The van der Waals surface area contributed by atoms with Crippen LogP contribution in [0.2, 0.25) is 0 Å². The van der Waals surface area contributed by atoms with Crippen LogP contribution < -0.4 is 0 Å². The maximum Gasteiger partial charge on any atom is 0.233 e. The Morgan fingerprint density at radius 1 is 0.368 bits per heavy atom. The minimum Gasteiger partial charge on any atom is -0.285 e. The predicted octanol–water partition coefficient (Wildman–Crippen LogP) is 13.4. The molecule has 0 saturated carbocycles. The molecular formula is C53H50O4. The second-order valence-electron chi connectivity index (χ2n) is 15.4. The predicted molar refractivity (Wildman–Crippen MR) is 231 cm³/mol. The largest absolute Gasteiger partial charge is 0.285 e. The van der Waals surface area contributed by atoms with E-state index in [0.29, 0.717) is 22.3 Å². The molecule has 286 valence electrons. The second-order valence-corrected chi connectivity index (χ2v) is 15.4. The molecule has 1 aliphatic carbocycles. The van der Waals surface area contributed by atoms with Crippen LogP contribution >= 0.6 is 0 Å². The molecule has 6 aromatic carbocycles. The van der Waals surface area contributed by atoms with Gasteiger partial charge in [0, 0.05) is 27.7 Å². The summed E-state index contributed by atoms with van der Waals surface area (Å²) >= 11 is 0. The Balaban J connectivity index is 1.24. The molecule has 7 rings (SSSR count). The van der Waals surface area contributed by atoms with Crippen molar-refractivity contribution in [1.29, 1.82) is 0 Å². The van der Waals surface area contributed by atoms with Crippen LogP contribution in [0.3, 0.4) is 0 Å². The van der Waals surface area contributed by atoms with E-state index in [-0.39, 0.29) is 5.41 Å². The normalized spacial score (nSPS) is 12.5. The summed E-state index contributed by atoms with van der Waals surface area (Å²) in [5.41, 5.74) is 10.8. The minimum atomic E-state index is -0.506. The van der Waals surface area contributed by atoms with Crippen molar-refractivity contribution in [2.45, 2.75) is 83.5 Å². The van der Waals surface area contributed by atoms with Gasteiger partial charge < -0.3 is 0 Å². The van der Waals surface area contributed by atoms with Gasteiger partial charge in [0.2, 0.25) is 23.1 Å². The Morgan fingerprint density at radius 3 is 1.05 bits per heavy atom. The molecule has 0 unspecified atom stereocenters. The number of benzene rings is 6. The lowest BCUT2D eigenvalue weighted by Crippen LogP contribution is -2.25. The summed E-state index contributed by atoms with van der Waals surface area (Å²) in [7, 11) is 0. The van der Waals surface area contributed by atoms with E-state index in [2.05, 4.69) is 50.2 Å². The fourth-order valence-corrected chi connectivity index (χ4v) is 8.56. The number of rotatable bonds is 18. The number of Topliss-reactive ketones (excluding diaryl/α,β-unsaturated/α-hetero) is 4. The van der Waals surface area contributed by atoms with Gasteiger partial charge in [-0.1, -0.05) is 199 Å². The summed E-state index contributed by atoms with van der Waals surface area (Å²) in [5, 5.41) is 0. The van der Waals surface area contributed by atoms with Gasteiger partial charge in [0.1, 0.15) is 0 Å². The van der Waals surface area contributed by atoms with Crippen LogP contribution in [-0.4, -0.2) is 23.1 Å². The van der Waals surface area contributed by atoms with Crippen LogP contribution in [-0.2, 0) is 5.41 Å². The molecule has 0 heterocycles. The molecule has 0 fully saturated rings. The molecule has 4 heteroatoms. The summed E-state index contributed by atoms with van der Waals surface area (Å²) in [5.74, 6) is -2.02. The monoisotopic (exact) mass is 750 g/mol. The van der Waals surface area contributed by atoms with Crippen molar-refractivity contribution >= 4 is 23.1 Å². The lowest BCUT2D eigenvalue weighted by atomic mass is 9.70. The summed E-state index contributed by atoms with van der Waals surface area (Å²) in [6.07, 6.45) is 11.5. The zero-order chi connectivity index (χ0) is 39.8. The molecule has 0 spiro atoms. The molecule has 0 aliphatic heterocycles. The maximum absolute atomic E-state index is 13.1. The molecule has 57 heavy (non-hydrogen) atoms. The Bertz CT molecular complexity index is 2200. The smallest absolute Gasteiger partial charge is 0.233 e. The molecule has 0 N–H and O–H groups in total. The van der Waals surface area contributed by atoms with Crippen molar-refractivity contribution in [3.05, 3.63) is 179 Å². The van der Waals surface area contributed by atoms with Gasteiger partial charge in [-0.3, -0.25) is 19.2 Å². The van der Waals surface area contributed by atoms with E-state index >= 15 is 0 Å². The molecule has 1 aliphatic rings. The van der Waals surface area contributed by atoms with Crippen molar-refractivity contribution in [1.82, 2.24) is 0 Å². The first-order valence-corrected chi connectivity index (χ1v) is 20.6. The third-order valence-electron chi connectivity index (χ3n) is 11.7. The van der Waals surface area contributed by atoms with E-state index in [0.717, 1.165) is 47.9 Å². The van der Waals surface area contributed by atoms with Crippen molar-refractivity contribution in [3.8, 4) is 33.4 Å². The van der Waals surface area contributed by atoms with Crippen LogP contribution in [0.1, 0.15) is 131 Å². The van der Waals surface area contributed by atoms with Gasteiger partial charge in [-0.25, -0.2) is 0 Å². The topological polar surface area (TPSA) is 68.3 Å². The summed E-state index contributed by atoms with van der Waals surface area (Å²) < 4.78 is 0. The van der Waals surface area contributed by atoms with Crippen molar-refractivity contribution < 1.29 is 19.2 Å². The molecule has 0 amide bonds. The van der Waals surface area contributed by atoms with Crippen LogP contribution in [0, 0.1) is 0 Å². The number of carbonyl (C=O) groups is 4. The molecular weight excluding hydrogens is 701 g/mol. The van der Waals surface area contributed by atoms with Crippen molar-refractivity contribution in [2.24, 2.45) is 0 Å². The molecule has 0 saturated heterocycles. The van der Waals surface area contributed by atoms with E-state index in [4.69, 9.17) is 0 Å². The molecule has 0 bridgehead atoms. The fraction of sp³-hybridized carbons (Fsp3) is 0.245. The van der Waals surface area contributed by atoms with Gasteiger partial charge in [0.15, 0.2) is 0 Å². The van der Waals surface area contributed by atoms with Crippen LogP contribution in [0.15, 0.2) is 146 Å². The molecule has 0 atom stereocenters. The van der Waals surface area contributed by atoms with Gasteiger partial charge in [0.05, 0.1) is 0 Å². The zero-order valence-electron chi connectivity index (χ0n) is 33.1. The summed E-state index contributed by atoms with van der Waals surface area (Å²) in [4.78, 5) is 52.1. The standard InChI is InChI=1S/C53H50O4/c1-3-5-7-15-33-53(34-16-8-6-4-2)47-35-43(37-21-25-41(26-22-37)51(56)49(54)39-17-11-9-12-18-39)29-31-45(47)46-32-30-44(36-48(46)53)38-23-27-42(28-24-38)52(57)50(55)40-19-13-10-14-20-40/h9-14,17-32,35-36H,3-8,15-16,33-34H2,1-2H3. The Labute approximate surface area is 337 Å². The highest BCUT2D eigenvalue weighted by Gasteiger charge is 2.42. The van der Waals surface area contributed by atoms with Gasteiger partial charge in [0.25, 0.3) is 0 Å². The average Bonchev–Trinajstić information content (AvgIpc) is 3.54. The quantitative estimate of drug-likeness (QED) is 0.0498. The van der Waals surface area contributed by atoms with E-state index in [1.807, 2.05) is 36.4 Å². The number of hydrogen-bond acceptors (Lipinski definition) is 4. The van der Waals surface area contributed by atoms with Crippen LogP contribution in [0.25, 0.3) is 33.4 Å². The molecule has 4 nitrogen and oxygen atoms in total. The van der Waals surface area contributed by atoms with Crippen LogP contribution in [0.4, 0.5) is 0 Å². The van der Waals surface area contributed by atoms with E-state index in [1.165, 1.54) is 60.8 Å².